The van der Waals surface area contributed by atoms with Crippen molar-refractivity contribution in [1.82, 2.24) is 15.1 Å². The molecule has 1 heterocycles. The summed E-state index contributed by atoms with van der Waals surface area (Å²) >= 11 is 0. The molecule has 1 fully saturated rings. The van der Waals surface area contributed by atoms with Crippen molar-refractivity contribution in [3.8, 4) is 0 Å². The van der Waals surface area contributed by atoms with E-state index in [4.69, 9.17) is 5.73 Å². The fourth-order valence-electron chi connectivity index (χ4n) is 2.30. The van der Waals surface area contributed by atoms with Gasteiger partial charge in [0.15, 0.2) is 0 Å². The van der Waals surface area contributed by atoms with Gasteiger partial charge in [0.05, 0.1) is 5.56 Å². The Morgan fingerprint density at radius 2 is 1.57 bits per heavy atom. The van der Waals surface area contributed by atoms with Crippen molar-refractivity contribution in [2.24, 2.45) is 0 Å². The fourth-order valence-corrected chi connectivity index (χ4v) is 2.30. The Morgan fingerprint density at radius 3 is 2.13 bits per heavy atom. The molecule has 1 aromatic carbocycles. The minimum Gasteiger partial charge on any atom is -0.398 e. The second-order valence-corrected chi connectivity index (χ2v) is 5.17. The van der Waals surface area contributed by atoms with Gasteiger partial charge in [-0.3, -0.25) is 24.5 Å². The number of nitrogens with two attached hydrogens (primary N) is 1. The molecule has 1 aliphatic rings. The van der Waals surface area contributed by atoms with Gasteiger partial charge in [-0.05, 0) is 12.1 Å². The number of carbonyl (C=O) groups excluding carboxylic acids is 4. The number of nitrogens with zero attached hydrogens (tertiary/aromatic N) is 2. The van der Waals surface area contributed by atoms with Crippen LogP contribution in [-0.2, 0) is 14.4 Å². The quantitative estimate of drug-likeness (QED) is 0.521. The molecule has 0 aromatic heterocycles. The Hall–Kier alpha value is -2.90. The van der Waals surface area contributed by atoms with Gasteiger partial charge in [-0.1, -0.05) is 12.1 Å². The van der Waals surface area contributed by atoms with Gasteiger partial charge < -0.3 is 15.5 Å². The minimum absolute atomic E-state index is 0.0729. The van der Waals surface area contributed by atoms with E-state index in [1.807, 2.05) is 5.32 Å². The highest BCUT2D eigenvalue weighted by molar-refractivity contribution is 6.38. The highest BCUT2D eigenvalue weighted by Gasteiger charge is 2.28. The van der Waals surface area contributed by atoms with Crippen LogP contribution >= 0.6 is 0 Å². The van der Waals surface area contributed by atoms with Crippen LogP contribution in [0.5, 0.6) is 0 Å². The van der Waals surface area contributed by atoms with Crippen LogP contribution in [0.15, 0.2) is 24.3 Å². The van der Waals surface area contributed by atoms with Gasteiger partial charge in [0.2, 0.25) is 5.91 Å². The van der Waals surface area contributed by atoms with Crippen LogP contribution in [0.4, 0.5) is 5.69 Å². The first-order valence-corrected chi connectivity index (χ1v) is 7.14. The fraction of sp³-hybridized carbons (Fsp3) is 0.333. The molecule has 1 aliphatic heterocycles. The summed E-state index contributed by atoms with van der Waals surface area (Å²) in [6.45, 7) is 2.70. The molecule has 0 aliphatic carbocycles. The molecule has 0 bridgehead atoms. The highest BCUT2D eigenvalue weighted by atomic mass is 16.2. The van der Waals surface area contributed by atoms with Crippen LogP contribution in [0.1, 0.15) is 17.3 Å². The van der Waals surface area contributed by atoms with E-state index in [1.165, 1.54) is 24.0 Å². The third-order valence-corrected chi connectivity index (χ3v) is 3.64. The monoisotopic (exact) mass is 318 g/mol. The molecule has 8 nitrogen and oxygen atoms in total. The SMILES string of the molecule is CC(=O)N1CCN(C(=O)C(=O)NC(=O)c2ccccc2N)CC1. The first kappa shape index (κ1) is 16.5. The zero-order chi connectivity index (χ0) is 17.0. The van der Waals surface area contributed by atoms with Crippen molar-refractivity contribution in [2.45, 2.75) is 6.92 Å². The molecule has 0 spiro atoms. The maximum atomic E-state index is 12.1. The van der Waals surface area contributed by atoms with Gasteiger partial charge in [-0.15, -0.1) is 0 Å². The molecule has 3 N–H and O–H groups in total. The number of carbonyl (C=O) groups is 4. The standard InChI is InChI=1S/C15H18N4O4/c1-10(20)18-6-8-19(9-7-18)15(23)14(22)17-13(21)11-4-2-3-5-12(11)16/h2-5H,6-9,16H2,1H3,(H,17,21,22). The molecular formula is C15H18N4O4. The van der Waals surface area contributed by atoms with Crippen molar-refractivity contribution in [1.29, 1.82) is 0 Å². The molecule has 2 rings (SSSR count). The Bertz CT molecular complexity index is 651. The van der Waals surface area contributed by atoms with Gasteiger partial charge in [-0.25, -0.2) is 0 Å². The van der Waals surface area contributed by atoms with E-state index in [1.54, 1.807) is 17.0 Å². The zero-order valence-electron chi connectivity index (χ0n) is 12.7. The number of hydrogen-bond acceptors (Lipinski definition) is 5. The van der Waals surface area contributed by atoms with Gasteiger partial charge in [-0.2, -0.15) is 0 Å². The van der Waals surface area contributed by atoms with E-state index in [2.05, 4.69) is 0 Å². The van der Waals surface area contributed by atoms with E-state index in [9.17, 15) is 19.2 Å². The molecule has 122 valence electrons. The minimum atomic E-state index is -1.01. The summed E-state index contributed by atoms with van der Waals surface area (Å²) in [5.41, 5.74) is 6.01. The number of amides is 4. The van der Waals surface area contributed by atoms with Gasteiger partial charge in [0.25, 0.3) is 5.91 Å². The Morgan fingerprint density at radius 1 is 1.00 bits per heavy atom. The average molecular weight is 318 g/mol. The summed E-state index contributed by atoms with van der Waals surface area (Å²) < 4.78 is 0. The molecule has 0 atom stereocenters. The average Bonchev–Trinajstić information content (AvgIpc) is 2.54. The van der Waals surface area contributed by atoms with Gasteiger partial charge >= 0.3 is 11.8 Å². The number of piperazine rings is 1. The van der Waals surface area contributed by atoms with E-state index in [0.717, 1.165) is 0 Å². The summed E-state index contributed by atoms with van der Waals surface area (Å²) in [6, 6.07) is 6.27. The second kappa shape index (κ2) is 6.91. The van der Waals surface area contributed by atoms with Crippen molar-refractivity contribution in [3.05, 3.63) is 29.8 Å². The predicted octanol–water partition coefficient (Wildman–Crippen LogP) is -0.784. The number of nitrogens with one attached hydrogen (secondary N) is 1. The van der Waals surface area contributed by atoms with E-state index in [0.29, 0.717) is 13.1 Å². The summed E-state index contributed by atoms with van der Waals surface area (Å²) in [4.78, 5) is 50.1. The first-order valence-electron chi connectivity index (χ1n) is 7.14. The van der Waals surface area contributed by atoms with E-state index >= 15 is 0 Å². The van der Waals surface area contributed by atoms with Crippen molar-refractivity contribution in [2.75, 3.05) is 31.9 Å². The number of anilines is 1. The molecule has 0 radical (unpaired) electrons. The normalized spacial score (nSPS) is 14.3. The van der Waals surface area contributed by atoms with Gasteiger partial charge in [0.1, 0.15) is 0 Å². The van der Waals surface area contributed by atoms with Crippen molar-refractivity contribution in [3.63, 3.8) is 0 Å². The third-order valence-electron chi connectivity index (χ3n) is 3.64. The molecule has 23 heavy (non-hydrogen) atoms. The van der Waals surface area contributed by atoms with Crippen LogP contribution < -0.4 is 11.1 Å². The summed E-state index contributed by atoms with van der Waals surface area (Å²) in [5, 5.41) is 2.04. The van der Waals surface area contributed by atoms with Crippen molar-refractivity contribution < 1.29 is 19.2 Å². The molecule has 1 saturated heterocycles. The van der Waals surface area contributed by atoms with Crippen LogP contribution in [-0.4, -0.2) is 59.6 Å². The molecular weight excluding hydrogens is 300 g/mol. The number of benzene rings is 1. The van der Waals surface area contributed by atoms with E-state index < -0.39 is 17.7 Å². The number of hydrogen-bond donors (Lipinski definition) is 2. The van der Waals surface area contributed by atoms with E-state index in [-0.39, 0.29) is 30.2 Å². The molecule has 4 amide bonds. The molecule has 0 saturated carbocycles. The molecule has 1 aromatic rings. The lowest BCUT2D eigenvalue weighted by atomic mass is 10.1. The Kier molecular flexibility index (Phi) is 4.95. The largest absolute Gasteiger partial charge is 0.398 e. The third kappa shape index (κ3) is 3.85. The van der Waals surface area contributed by atoms with Crippen LogP contribution in [0.2, 0.25) is 0 Å². The lowest BCUT2D eigenvalue weighted by Crippen LogP contribution is -2.54. The number of para-hydroxylation sites is 1. The maximum absolute atomic E-state index is 12.1. The Balaban J connectivity index is 1.93. The topological polar surface area (TPSA) is 113 Å². The lowest BCUT2D eigenvalue weighted by molar-refractivity contribution is -0.147. The zero-order valence-corrected chi connectivity index (χ0v) is 12.7. The maximum Gasteiger partial charge on any atom is 0.316 e. The number of rotatable bonds is 1. The summed E-state index contributed by atoms with van der Waals surface area (Å²) in [5.74, 6) is -2.59. The van der Waals surface area contributed by atoms with Gasteiger partial charge in [0, 0.05) is 38.8 Å². The molecule has 8 heteroatoms. The predicted molar refractivity (Wildman–Crippen MR) is 82.2 cm³/mol. The lowest BCUT2D eigenvalue weighted by Gasteiger charge is -2.33. The van der Waals surface area contributed by atoms with Crippen LogP contribution in [0, 0.1) is 0 Å². The van der Waals surface area contributed by atoms with Crippen LogP contribution in [0.25, 0.3) is 0 Å². The summed E-state index contributed by atoms with van der Waals surface area (Å²) in [7, 11) is 0. The first-order chi connectivity index (χ1) is 10.9. The Labute approximate surface area is 133 Å². The smallest absolute Gasteiger partial charge is 0.316 e. The van der Waals surface area contributed by atoms with Crippen molar-refractivity contribution >= 4 is 29.3 Å². The second-order valence-electron chi connectivity index (χ2n) is 5.17. The number of nitrogen functional groups attached to an aromatic ring is 1. The molecule has 0 unspecified atom stereocenters. The highest BCUT2D eigenvalue weighted by Crippen LogP contribution is 2.10. The summed E-state index contributed by atoms with van der Waals surface area (Å²) in [6.07, 6.45) is 0. The number of imide groups is 1. The van der Waals surface area contributed by atoms with Crippen LogP contribution in [0.3, 0.4) is 0 Å².